The summed E-state index contributed by atoms with van der Waals surface area (Å²) in [6.45, 7) is 4.62. The van der Waals surface area contributed by atoms with Gasteiger partial charge in [-0.25, -0.2) is 4.79 Å². The smallest absolute Gasteiger partial charge is 0.325 e. The van der Waals surface area contributed by atoms with Crippen LogP contribution >= 0.6 is 0 Å². The van der Waals surface area contributed by atoms with Gasteiger partial charge in [0.05, 0.1) is 11.0 Å². The Bertz CT molecular complexity index is 1140. The van der Waals surface area contributed by atoms with Gasteiger partial charge in [0.15, 0.2) is 0 Å². The first-order valence-corrected chi connectivity index (χ1v) is 9.38. The molecule has 0 spiro atoms. The van der Waals surface area contributed by atoms with E-state index in [9.17, 15) is 14.4 Å². The summed E-state index contributed by atoms with van der Waals surface area (Å²) < 4.78 is 3.16. The van der Waals surface area contributed by atoms with Gasteiger partial charge in [-0.1, -0.05) is 12.1 Å². The number of carbonyl (C=O) groups is 2. The van der Waals surface area contributed by atoms with Crippen molar-refractivity contribution in [2.75, 3.05) is 16.8 Å². The predicted molar refractivity (Wildman–Crippen MR) is 109 cm³/mol. The summed E-state index contributed by atoms with van der Waals surface area (Å²) in [6.07, 6.45) is 0.766. The van der Waals surface area contributed by atoms with Crippen molar-refractivity contribution in [3.8, 4) is 0 Å². The number of rotatable bonds is 4. The molecule has 1 N–H and O–H groups in total. The molecule has 7 heteroatoms. The highest BCUT2D eigenvalue weighted by Gasteiger charge is 2.22. The van der Waals surface area contributed by atoms with Crippen LogP contribution in [0.1, 0.15) is 19.4 Å². The number of aromatic nitrogens is 2. The molecule has 1 aromatic heterocycles. The number of imidazole rings is 1. The first kappa shape index (κ1) is 18.0. The van der Waals surface area contributed by atoms with Gasteiger partial charge >= 0.3 is 5.69 Å². The highest BCUT2D eigenvalue weighted by Crippen LogP contribution is 2.30. The Morgan fingerprint density at radius 3 is 2.46 bits per heavy atom. The average molecular weight is 378 g/mol. The lowest BCUT2D eigenvalue weighted by molar-refractivity contribution is -0.117. The summed E-state index contributed by atoms with van der Waals surface area (Å²) in [4.78, 5) is 38.7. The third-order valence-corrected chi connectivity index (χ3v) is 5.18. The second-order valence-corrected chi connectivity index (χ2v) is 6.91. The molecule has 1 aliphatic rings. The van der Waals surface area contributed by atoms with E-state index < -0.39 is 0 Å². The Labute approximate surface area is 162 Å². The molecule has 0 fully saturated rings. The zero-order chi connectivity index (χ0) is 19.8. The number of anilines is 2. The van der Waals surface area contributed by atoms with Crippen molar-refractivity contribution in [3.63, 3.8) is 0 Å². The molecule has 0 unspecified atom stereocenters. The van der Waals surface area contributed by atoms with Gasteiger partial charge in [0.2, 0.25) is 11.8 Å². The normalized spacial score (nSPS) is 13.0. The predicted octanol–water partition coefficient (Wildman–Crippen LogP) is 2.37. The van der Waals surface area contributed by atoms with Crippen molar-refractivity contribution in [1.29, 1.82) is 0 Å². The Hall–Kier alpha value is -3.35. The maximum Gasteiger partial charge on any atom is 0.329 e. The number of para-hydroxylation sites is 2. The molecule has 2 aromatic carbocycles. The molecule has 0 aliphatic carbocycles. The highest BCUT2D eigenvalue weighted by atomic mass is 16.2. The quantitative estimate of drug-likeness (QED) is 0.757. The number of benzene rings is 2. The largest absolute Gasteiger partial charge is 0.329 e. The highest BCUT2D eigenvalue weighted by molar-refractivity contribution is 5.95. The Balaban J connectivity index is 1.57. The van der Waals surface area contributed by atoms with E-state index in [1.807, 2.05) is 43.3 Å². The minimum atomic E-state index is -0.262. The maximum absolute atomic E-state index is 12.7. The van der Waals surface area contributed by atoms with Gasteiger partial charge in [-0.3, -0.25) is 18.7 Å². The lowest BCUT2D eigenvalue weighted by Gasteiger charge is -2.15. The van der Waals surface area contributed by atoms with Crippen LogP contribution in [-0.2, 0) is 29.1 Å². The van der Waals surface area contributed by atoms with Gasteiger partial charge in [-0.2, -0.15) is 0 Å². The van der Waals surface area contributed by atoms with E-state index in [1.54, 1.807) is 22.5 Å². The van der Waals surface area contributed by atoms with E-state index in [4.69, 9.17) is 0 Å². The van der Waals surface area contributed by atoms with E-state index in [1.165, 1.54) is 4.57 Å². The van der Waals surface area contributed by atoms with Gasteiger partial charge in [0.25, 0.3) is 0 Å². The number of hydrogen-bond acceptors (Lipinski definition) is 3. The van der Waals surface area contributed by atoms with Crippen LogP contribution < -0.4 is 15.9 Å². The summed E-state index contributed by atoms with van der Waals surface area (Å²) in [7, 11) is 0. The lowest BCUT2D eigenvalue weighted by atomic mass is 10.1. The van der Waals surface area contributed by atoms with E-state index in [-0.39, 0.29) is 24.0 Å². The van der Waals surface area contributed by atoms with Crippen LogP contribution in [0.25, 0.3) is 11.0 Å². The summed E-state index contributed by atoms with van der Waals surface area (Å²) in [5.74, 6) is -0.246. The number of hydrogen-bond donors (Lipinski definition) is 1. The molecule has 28 heavy (non-hydrogen) atoms. The zero-order valence-electron chi connectivity index (χ0n) is 15.9. The monoisotopic (exact) mass is 378 g/mol. The van der Waals surface area contributed by atoms with Gasteiger partial charge in [0.1, 0.15) is 6.54 Å². The van der Waals surface area contributed by atoms with E-state index in [0.29, 0.717) is 18.8 Å². The molecule has 2 heterocycles. The molecular formula is C21H22N4O3. The maximum atomic E-state index is 12.7. The minimum absolute atomic E-state index is 0.0159. The number of nitrogens with one attached hydrogen (secondary N) is 1. The molecule has 0 atom stereocenters. The molecular weight excluding hydrogens is 356 g/mol. The standard InChI is InChI=1S/C21H22N4O3/c1-3-23-18-6-4-5-7-19(18)25(21(23)28)13-20(27)22-16-8-9-17-15(12-16)10-11-24(17)14(2)26/h4-9,12H,3,10-11,13H2,1-2H3,(H,22,27). The van der Waals surface area contributed by atoms with Crippen molar-refractivity contribution in [2.24, 2.45) is 0 Å². The summed E-state index contributed by atoms with van der Waals surface area (Å²) in [5.41, 5.74) is 3.98. The zero-order valence-corrected chi connectivity index (χ0v) is 15.9. The van der Waals surface area contributed by atoms with Crippen LogP contribution in [0.2, 0.25) is 0 Å². The lowest BCUT2D eigenvalue weighted by Crippen LogP contribution is -2.29. The summed E-state index contributed by atoms with van der Waals surface area (Å²) in [6, 6.07) is 13.0. The van der Waals surface area contributed by atoms with E-state index in [0.717, 1.165) is 28.7 Å². The average Bonchev–Trinajstić information content (AvgIpc) is 3.21. The van der Waals surface area contributed by atoms with Crippen LogP contribution in [0.3, 0.4) is 0 Å². The number of fused-ring (bicyclic) bond motifs is 2. The molecule has 144 valence electrons. The van der Waals surface area contributed by atoms with Crippen molar-refractivity contribution in [2.45, 2.75) is 33.4 Å². The second-order valence-electron chi connectivity index (χ2n) is 6.91. The van der Waals surface area contributed by atoms with Gasteiger partial charge in [-0.05, 0) is 49.2 Å². The van der Waals surface area contributed by atoms with Crippen LogP contribution in [0.4, 0.5) is 11.4 Å². The van der Waals surface area contributed by atoms with Crippen molar-refractivity contribution < 1.29 is 9.59 Å². The van der Waals surface area contributed by atoms with Crippen molar-refractivity contribution in [1.82, 2.24) is 9.13 Å². The fourth-order valence-corrected chi connectivity index (χ4v) is 3.88. The first-order chi connectivity index (χ1) is 13.5. The van der Waals surface area contributed by atoms with E-state index >= 15 is 0 Å². The number of aryl methyl sites for hydroxylation is 1. The van der Waals surface area contributed by atoms with Crippen LogP contribution in [0, 0.1) is 0 Å². The second kappa shape index (κ2) is 6.99. The Morgan fingerprint density at radius 2 is 1.79 bits per heavy atom. The molecule has 0 saturated heterocycles. The molecule has 4 rings (SSSR count). The van der Waals surface area contributed by atoms with Crippen LogP contribution in [0.15, 0.2) is 47.3 Å². The summed E-state index contributed by atoms with van der Waals surface area (Å²) >= 11 is 0. The van der Waals surface area contributed by atoms with E-state index in [2.05, 4.69) is 5.32 Å². The number of carbonyl (C=O) groups excluding carboxylic acids is 2. The van der Waals surface area contributed by atoms with Crippen LogP contribution in [-0.4, -0.2) is 27.5 Å². The van der Waals surface area contributed by atoms with Gasteiger partial charge in [0, 0.05) is 31.4 Å². The summed E-state index contributed by atoms with van der Waals surface area (Å²) in [5, 5.41) is 2.87. The molecule has 0 bridgehead atoms. The molecule has 2 amide bonds. The number of nitrogens with zero attached hydrogens (tertiary/aromatic N) is 3. The molecule has 0 radical (unpaired) electrons. The molecule has 0 saturated carbocycles. The van der Waals surface area contributed by atoms with Crippen molar-refractivity contribution >= 4 is 34.2 Å². The molecule has 3 aromatic rings. The van der Waals surface area contributed by atoms with Crippen molar-refractivity contribution in [3.05, 3.63) is 58.5 Å². The molecule has 1 aliphatic heterocycles. The number of amides is 2. The Morgan fingerprint density at radius 1 is 1.07 bits per heavy atom. The van der Waals surface area contributed by atoms with Crippen LogP contribution in [0.5, 0.6) is 0 Å². The fourth-order valence-electron chi connectivity index (χ4n) is 3.88. The Kier molecular flexibility index (Phi) is 4.50. The van der Waals surface area contributed by atoms with Gasteiger partial charge < -0.3 is 10.2 Å². The fraction of sp³-hybridized carbons (Fsp3) is 0.286. The minimum Gasteiger partial charge on any atom is -0.325 e. The first-order valence-electron chi connectivity index (χ1n) is 9.38. The molecule has 7 nitrogen and oxygen atoms in total. The topological polar surface area (TPSA) is 76.3 Å². The van der Waals surface area contributed by atoms with Gasteiger partial charge in [-0.15, -0.1) is 0 Å². The third-order valence-electron chi connectivity index (χ3n) is 5.18. The SMILES string of the molecule is CCn1c(=O)n(CC(=O)Nc2ccc3c(c2)CCN3C(C)=O)c2ccccc21. The third kappa shape index (κ3) is 2.98.